The number of carbonyl (C=O) groups is 1. The highest BCUT2D eigenvalue weighted by atomic mass is 16.5. The zero-order valence-electron chi connectivity index (χ0n) is 19.5. The van der Waals surface area contributed by atoms with E-state index in [2.05, 4.69) is 28.8 Å². The highest BCUT2D eigenvalue weighted by Crippen LogP contribution is 2.35. The van der Waals surface area contributed by atoms with Gasteiger partial charge in [0.2, 0.25) is 5.91 Å². The Kier molecular flexibility index (Phi) is 5.51. The highest BCUT2D eigenvalue weighted by Gasteiger charge is 2.18. The predicted octanol–water partition coefficient (Wildman–Crippen LogP) is 6.58. The summed E-state index contributed by atoms with van der Waals surface area (Å²) in [5, 5.41) is 1.66. The summed E-state index contributed by atoms with van der Waals surface area (Å²) in [6.45, 7) is 1.09. The number of nitrogens with zero attached hydrogens (tertiary/aromatic N) is 1. The van der Waals surface area contributed by atoms with Crippen molar-refractivity contribution in [2.45, 2.75) is 13.2 Å². The number of hydrogen-bond acceptors (Lipinski definition) is 3. The van der Waals surface area contributed by atoms with Crippen molar-refractivity contribution in [3.8, 4) is 17.1 Å². The van der Waals surface area contributed by atoms with Crippen LogP contribution in [0.1, 0.15) is 21.5 Å². The Bertz CT molecular complexity index is 1680. The molecule has 0 fully saturated rings. The Balaban J connectivity index is 1.44. The van der Waals surface area contributed by atoms with E-state index in [9.17, 15) is 4.79 Å². The molecule has 0 spiro atoms. The lowest BCUT2D eigenvalue weighted by Crippen LogP contribution is -2.11. The molecule has 36 heavy (non-hydrogen) atoms. The summed E-state index contributed by atoms with van der Waals surface area (Å²) in [6, 6.07) is 35.0. The van der Waals surface area contributed by atoms with Gasteiger partial charge in [-0.25, -0.2) is 0 Å². The number of benzene rings is 4. The maximum atomic E-state index is 12.3. The summed E-state index contributed by atoms with van der Waals surface area (Å²) in [4.78, 5) is 12.3. The molecule has 1 radical (unpaired) electrons. The van der Waals surface area contributed by atoms with E-state index in [0.717, 1.165) is 50.0 Å². The Hall–Kier alpha value is -4.77. The third-order valence-electron chi connectivity index (χ3n) is 6.35. The topological polar surface area (TPSA) is 70.4 Å². The fraction of sp³-hybridized carbons (Fsp3) is 0.0645. The van der Waals surface area contributed by atoms with Crippen molar-refractivity contribution in [1.82, 2.24) is 4.57 Å². The van der Waals surface area contributed by atoms with E-state index in [1.165, 1.54) is 0 Å². The second-order valence-corrected chi connectivity index (χ2v) is 8.70. The van der Waals surface area contributed by atoms with Crippen LogP contribution in [0.4, 0.5) is 0 Å². The predicted molar refractivity (Wildman–Crippen MR) is 141 cm³/mol. The van der Waals surface area contributed by atoms with Crippen LogP contribution in [0.3, 0.4) is 0 Å². The van der Waals surface area contributed by atoms with E-state index in [4.69, 9.17) is 14.9 Å². The average Bonchev–Trinajstić information content (AvgIpc) is 3.55. The lowest BCUT2D eigenvalue weighted by atomic mass is 10.0. The number of rotatable bonds is 7. The van der Waals surface area contributed by atoms with E-state index in [0.29, 0.717) is 18.7 Å². The van der Waals surface area contributed by atoms with Gasteiger partial charge in [0, 0.05) is 28.4 Å². The lowest BCUT2D eigenvalue weighted by molar-refractivity contribution is 0.100. The molecule has 0 aliphatic heterocycles. The van der Waals surface area contributed by atoms with Crippen LogP contribution in [0.2, 0.25) is 0 Å². The minimum Gasteiger partial charge on any atom is -0.489 e. The molecule has 0 saturated heterocycles. The minimum absolute atomic E-state index is 0.459. The van der Waals surface area contributed by atoms with Crippen LogP contribution in [0.25, 0.3) is 33.1 Å². The van der Waals surface area contributed by atoms with Crippen LogP contribution in [-0.2, 0) is 13.2 Å². The molecule has 0 bridgehead atoms. The van der Waals surface area contributed by atoms with Crippen LogP contribution < -0.4 is 10.5 Å². The summed E-state index contributed by atoms with van der Waals surface area (Å²) in [7, 11) is 0. The standard InChI is InChI=1S/C31H23N2O3/c32-31(34)26-11-5-12-27-30(26)25-15-14-23(29-13-6-16-35-29)18-28(25)33(27)19-22-9-4-10-24(17-22)36-20-21-7-2-1-3-8-21/h1-14,16-18H,19-20H2,(H2,32,34). The van der Waals surface area contributed by atoms with Crippen molar-refractivity contribution in [2.75, 3.05) is 0 Å². The van der Waals surface area contributed by atoms with Gasteiger partial charge in [0.05, 0.1) is 17.3 Å². The van der Waals surface area contributed by atoms with E-state index >= 15 is 0 Å². The van der Waals surface area contributed by atoms with Gasteiger partial charge in [-0.15, -0.1) is 0 Å². The zero-order valence-corrected chi connectivity index (χ0v) is 19.5. The molecule has 175 valence electrons. The number of furan rings is 1. The molecular formula is C31H23N2O3. The number of carbonyl (C=O) groups excluding carboxylic acids is 1. The third kappa shape index (κ3) is 4.01. The van der Waals surface area contributed by atoms with E-state index in [-0.39, 0.29) is 0 Å². The van der Waals surface area contributed by atoms with Crippen LogP contribution >= 0.6 is 0 Å². The summed E-state index contributed by atoms with van der Waals surface area (Å²) < 4.78 is 13.9. The van der Waals surface area contributed by atoms with E-state index < -0.39 is 5.91 Å². The van der Waals surface area contributed by atoms with Gasteiger partial charge < -0.3 is 19.5 Å². The van der Waals surface area contributed by atoms with Crippen molar-refractivity contribution in [3.63, 3.8) is 0 Å². The van der Waals surface area contributed by atoms with Crippen molar-refractivity contribution < 1.29 is 13.9 Å². The SMILES string of the molecule is NC(=O)c1cccc2c1c1[c]cc(-c3ccco3)cc1n2Cc1cccc(OCc2ccccc2)c1. The number of ether oxygens (including phenoxy) is 1. The van der Waals surface area contributed by atoms with Gasteiger partial charge in [-0.05, 0) is 65.7 Å². The van der Waals surface area contributed by atoms with Gasteiger partial charge in [-0.2, -0.15) is 0 Å². The molecule has 0 aliphatic carbocycles. The second-order valence-electron chi connectivity index (χ2n) is 8.70. The molecule has 4 aromatic carbocycles. The first-order valence-corrected chi connectivity index (χ1v) is 11.7. The van der Waals surface area contributed by atoms with Gasteiger partial charge in [0.25, 0.3) is 0 Å². The molecule has 6 aromatic rings. The largest absolute Gasteiger partial charge is 0.489 e. The molecule has 5 heteroatoms. The second kappa shape index (κ2) is 9.12. The Morgan fingerprint density at radius 1 is 0.889 bits per heavy atom. The summed E-state index contributed by atoms with van der Waals surface area (Å²) in [6.07, 6.45) is 1.65. The number of primary amides is 1. The monoisotopic (exact) mass is 471 g/mol. The number of nitrogens with two attached hydrogens (primary N) is 1. The van der Waals surface area contributed by atoms with Gasteiger partial charge in [-0.1, -0.05) is 48.5 Å². The van der Waals surface area contributed by atoms with Crippen LogP contribution in [0.15, 0.2) is 108 Å². The Morgan fingerprint density at radius 2 is 1.72 bits per heavy atom. The lowest BCUT2D eigenvalue weighted by Gasteiger charge is -2.11. The van der Waals surface area contributed by atoms with Gasteiger partial charge in [-0.3, -0.25) is 4.79 Å². The van der Waals surface area contributed by atoms with Gasteiger partial charge in [0.1, 0.15) is 18.1 Å². The molecule has 2 aromatic heterocycles. The molecule has 0 atom stereocenters. The van der Waals surface area contributed by atoms with Gasteiger partial charge >= 0.3 is 0 Å². The van der Waals surface area contributed by atoms with E-state index in [1.807, 2.05) is 72.8 Å². The highest BCUT2D eigenvalue weighted by molar-refractivity contribution is 6.18. The fourth-order valence-electron chi connectivity index (χ4n) is 4.67. The number of fused-ring (bicyclic) bond motifs is 3. The average molecular weight is 472 g/mol. The first-order valence-electron chi connectivity index (χ1n) is 11.7. The van der Waals surface area contributed by atoms with Crippen LogP contribution in [-0.4, -0.2) is 10.5 Å². The maximum absolute atomic E-state index is 12.3. The summed E-state index contributed by atoms with van der Waals surface area (Å²) >= 11 is 0. The smallest absolute Gasteiger partial charge is 0.249 e. The van der Waals surface area contributed by atoms with Crippen molar-refractivity contribution in [3.05, 3.63) is 126 Å². The van der Waals surface area contributed by atoms with Crippen molar-refractivity contribution >= 4 is 27.7 Å². The van der Waals surface area contributed by atoms with Crippen LogP contribution in [0, 0.1) is 6.07 Å². The first-order chi connectivity index (χ1) is 17.7. The molecule has 2 heterocycles. The Labute approximate surface area is 208 Å². The number of amides is 1. The number of hydrogen-bond donors (Lipinski definition) is 1. The molecule has 1 amide bonds. The molecular weight excluding hydrogens is 448 g/mol. The number of aromatic nitrogens is 1. The van der Waals surface area contributed by atoms with Crippen LogP contribution in [0.5, 0.6) is 5.75 Å². The van der Waals surface area contributed by atoms with Crippen molar-refractivity contribution in [1.29, 1.82) is 0 Å². The molecule has 6 rings (SSSR count). The molecule has 2 N–H and O–H groups in total. The molecule has 5 nitrogen and oxygen atoms in total. The minimum atomic E-state index is -0.459. The first kappa shape index (κ1) is 21.7. The molecule has 0 unspecified atom stereocenters. The normalized spacial score (nSPS) is 11.2. The maximum Gasteiger partial charge on any atom is 0.249 e. The zero-order chi connectivity index (χ0) is 24.5. The quantitative estimate of drug-likeness (QED) is 0.286. The fourth-order valence-corrected chi connectivity index (χ4v) is 4.67. The third-order valence-corrected chi connectivity index (χ3v) is 6.35. The van der Waals surface area contributed by atoms with E-state index in [1.54, 1.807) is 12.3 Å². The summed E-state index contributed by atoms with van der Waals surface area (Å²) in [5.41, 5.74) is 11.2. The van der Waals surface area contributed by atoms with Gasteiger partial charge in [0.15, 0.2) is 0 Å². The Morgan fingerprint density at radius 3 is 2.53 bits per heavy atom. The molecule has 0 saturated carbocycles. The van der Waals surface area contributed by atoms with Crippen molar-refractivity contribution in [2.24, 2.45) is 5.73 Å². The summed E-state index contributed by atoms with van der Waals surface area (Å²) in [5.74, 6) is 1.11. The molecule has 0 aliphatic rings.